The number of rotatable bonds is 11. The Morgan fingerprint density at radius 3 is 2.13 bits per heavy atom. The van der Waals surface area contributed by atoms with E-state index in [2.05, 4.69) is 0 Å². The van der Waals surface area contributed by atoms with E-state index in [1.165, 1.54) is 18.2 Å². The molecule has 1 heterocycles. The number of benzene rings is 2. The summed E-state index contributed by atoms with van der Waals surface area (Å²) >= 11 is 0. The average molecular weight is 535 g/mol. The van der Waals surface area contributed by atoms with Crippen molar-refractivity contribution >= 4 is 12.2 Å². The van der Waals surface area contributed by atoms with Gasteiger partial charge in [0.05, 0.1) is 23.6 Å². The van der Waals surface area contributed by atoms with Crippen LogP contribution in [0.1, 0.15) is 63.4 Å². The van der Waals surface area contributed by atoms with Crippen molar-refractivity contribution in [3.8, 4) is 22.5 Å². The van der Waals surface area contributed by atoms with Crippen molar-refractivity contribution in [2.45, 2.75) is 71.5 Å². The van der Waals surface area contributed by atoms with Crippen molar-refractivity contribution in [3.05, 3.63) is 71.1 Å². The van der Waals surface area contributed by atoms with Crippen LogP contribution < -0.4 is 34.7 Å². The van der Waals surface area contributed by atoms with E-state index in [0.717, 1.165) is 5.56 Å². The van der Waals surface area contributed by atoms with Gasteiger partial charge in [-0.3, -0.25) is 0 Å². The van der Waals surface area contributed by atoms with Crippen LogP contribution in [-0.2, 0) is 17.6 Å². The smallest absolute Gasteiger partial charge is 0.550 e. The minimum atomic E-state index is -1.40. The van der Waals surface area contributed by atoms with E-state index in [-0.39, 0.29) is 53.5 Å². The second-order valence-electron chi connectivity index (χ2n) is 9.39. The summed E-state index contributed by atoms with van der Waals surface area (Å²) < 4.78 is 30.5. The molecule has 0 spiro atoms. The first-order valence-electron chi connectivity index (χ1n) is 12.5. The van der Waals surface area contributed by atoms with Crippen LogP contribution in [0.25, 0.3) is 28.7 Å². The van der Waals surface area contributed by atoms with Gasteiger partial charge in [0.25, 0.3) is 0 Å². The van der Waals surface area contributed by atoms with Gasteiger partial charge in [-0.2, -0.15) is 0 Å². The molecule has 0 bridgehead atoms. The number of hydrogen-bond acceptors (Lipinski definition) is 5. The van der Waals surface area contributed by atoms with Crippen LogP contribution in [0.3, 0.4) is 0 Å². The summed E-state index contributed by atoms with van der Waals surface area (Å²) in [5.74, 6) is -1.40. The molecule has 3 aromatic rings. The number of aliphatic carboxylic acids is 1. The molecule has 0 fully saturated rings. The second-order valence-corrected chi connectivity index (χ2v) is 9.39. The number of carboxylic acids is 1. The zero-order valence-corrected chi connectivity index (χ0v) is 24.5. The van der Waals surface area contributed by atoms with Crippen LogP contribution in [0.2, 0.25) is 0 Å². The Morgan fingerprint density at radius 2 is 1.63 bits per heavy atom. The minimum Gasteiger partial charge on any atom is -0.550 e. The maximum absolute atomic E-state index is 15.0. The Labute approximate surface area is 244 Å². The number of nitrogens with zero attached hydrogens (tertiary/aromatic N) is 2. The number of carbonyl (C=O) groups is 1. The van der Waals surface area contributed by atoms with E-state index in [0.29, 0.717) is 46.7 Å². The molecular formula is C29H33F2N2NaO4. The molecule has 1 aromatic heterocycles. The Morgan fingerprint density at radius 1 is 1.05 bits per heavy atom. The van der Waals surface area contributed by atoms with Crippen LogP contribution >= 0.6 is 0 Å². The molecule has 0 saturated heterocycles. The summed E-state index contributed by atoms with van der Waals surface area (Å²) in [6, 6.07) is 9.54. The Hall–Kier alpha value is -2.36. The topological polar surface area (TPSA) is 98.4 Å². The first-order chi connectivity index (χ1) is 17.5. The zero-order chi connectivity index (χ0) is 27.3. The van der Waals surface area contributed by atoms with Gasteiger partial charge in [-0.1, -0.05) is 27.7 Å². The molecule has 0 aliphatic rings. The van der Waals surface area contributed by atoms with E-state index in [1.807, 2.05) is 32.3 Å². The van der Waals surface area contributed by atoms with Crippen molar-refractivity contribution in [2.75, 3.05) is 0 Å². The van der Waals surface area contributed by atoms with Gasteiger partial charge < -0.3 is 24.7 Å². The first kappa shape index (κ1) is 31.9. The first-order valence-corrected chi connectivity index (χ1v) is 12.5. The maximum atomic E-state index is 15.0. The largest absolute Gasteiger partial charge is 1.00 e. The van der Waals surface area contributed by atoms with Crippen LogP contribution in [0, 0.1) is 11.6 Å². The molecule has 2 aromatic carbocycles. The van der Waals surface area contributed by atoms with E-state index >= 15 is 0 Å². The van der Waals surface area contributed by atoms with Gasteiger partial charge in [0, 0.05) is 42.1 Å². The fourth-order valence-corrected chi connectivity index (χ4v) is 4.31. The Bertz CT molecular complexity index is 1250. The normalized spacial score (nSPS) is 13.1. The van der Waals surface area contributed by atoms with E-state index in [9.17, 15) is 28.9 Å². The molecule has 9 heteroatoms. The van der Waals surface area contributed by atoms with Gasteiger partial charge in [-0.05, 0) is 66.4 Å². The molecule has 0 aliphatic carbocycles. The van der Waals surface area contributed by atoms with Crippen molar-refractivity contribution in [1.29, 1.82) is 0 Å². The number of aliphatic hydroxyl groups excluding tert-OH is 2. The molecule has 198 valence electrons. The van der Waals surface area contributed by atoms with Gasteiger partial charge in [0.2, 0.25) is 0 Å². The third-order valence-corrected chi connectivity index (χ3v) is 6.20. The number of halogens is 2. The molecule has 2 unspecified atom stereocenters. The minimum absolute atomic E-state index is 0. The quantitative estimate of drug-likeness (QED) is 0.363. The van der Waals surface area contributed by atoms with Crippen molar-refractivity contribution < 1.29 is 58.5 Å². The van der Waals surface area contributed by atoms with Crippen LogP contribution in [0.15, 0.2) is 42.5 Å². The number of imidazole rings is 1. The van der Waals surface area contributed by atoms with Crippen molar-refractivity contribution in [2.24, 2.45) is 0 Å². The standard InChI is InChI=1S/C29H34F2N2O4.Na/c1-5-18-13-21(14-19(6-2)26(18)31)28-27(20-7-9-22(30)10-8-20)32-29(17(3)4)33(28)12-11-23(34)15-24(35)16-25(36)37;/h7-14,17,23-24,34-35H,5-6,15-16H2,1-4H3,(H,36,37);/q;+1/p-1/b12-11+;. The van der Waals surface area contributed by atoms with Crippen molar-refractivity contribution in [3.63, 3.8) is 0 Å². The summed E-state index contributed by atoms with van der Waals surface area (Å²) in [5.41, 5.74) is 3.76. The van der Waals surface area contributed by atoms with Gasteiger partial charge in [0.1, 0.15) is 17.5 Å². The third-order valence-electron chi connectivity index (χ3n) is 6.20. The molecule has 0 aliphatic heterocycles. The molecule has 2 N–H and O–H groups in total. The molecular weight excluding hydrogens is 501 g/mol. The number of aryl methyl sites for hydroxylation is 2. The molecule has 0 saturated carbocycles. The van der Waals surface area contributed by atoms with Gasteiger partial charge in [-0.25, -0.2) is 13.8 Å². The predicted octanol–water partition coefficient (Wildman–Crippen LogP) is 1.47. The van der Waals surface area contributed by atoms with Gasteiger partial charge in [-0.15, -0.1) is 0 Å². The fourth-order valence-electron chi connectivity index (χ4n) is 4.31. The zero-order valence-electron chi connectivity index (χ0n) is 22.5. The fraction of sp³-hybridized carbons (Fsp3) is 0.379. The number of aromatic nitrogens is 2. The SMILES string of the molecule is CCc1cc(-c2c(-c3ccc(F)cc3)nc(C(C)C)n2/C=C/C(O)CC(O)CC(=O)[O-])cc(CC)c1F.[Na+]. The van der Waals surface area contributed by atoms with Crippen LogP contribution in [-0.4, -0.2) is 37.9 Å². The molecule has 6 nitrogen and oxygen atoms in total. The third kappa shape index (κ3) is 7.61. The summed E-state index contributed by atoms with van der Waals surface area (Å²) in [7, 11) is 0. The average Bonchev–Trinajstić information content (AvgIpc) is 3.22. The summed E-state index contributed by atoms with van der Waals surface area (Å²) in [5, 5.41) is 31.1. The molecule has 3 rings (SSSR count). The van der Waals surface area contributed by atoms with E-state index < -0.39 is 24.6 Å². The monoisotopic (exact) mass is 534 g/mol. The molecule has 0 radical (unpaired) electrons. The van der Waals surface area contributed by atoms with Gasteiger partial charge in [0.15, 0.2) is 0 Å². The predicted molar refractivity (Wildman–Crippen MR) is 137 cm³/mol. The van der Waals surface area contributed by atoms with Crippen LogP contribution in [0.5, 0.6) is 0 Å². The summed E-state index contributed by atoms with van der Waals surface area (Å²) in [6.45, 7) is 7.69. The van der Waals surface area contributed by atoms with Gasteiger partial charge >= 0.3 is 29.6 Å². The van der Waals surface area contributed by atoms with E-state index in [1.54, 1.807) is 30.5 Å². The molecule has 2 atom stereocenters. The number of carbonyl (C=O) groups excluding carboxylic acids is 1. The van der Waals surface area contributed by atoms with E-state index in [4.69, 9.17) is 4.98 Å². The summed E-state index contributed by atoms with van der Waals surface area (Å²) in [6.07, 6.45) is 0.904. The summed E-state index contributed by atoms with van der Waals surface area (Å²) in [4.78, 5) is 15.6. The van der Waals surface area contributed by atoms with Crippen molar-refractivity contribution in [1.82, 2.24) is 9.55 Å². The maximum Gasteiger partial charge on any atom is 1.00 e. The molecule has 0 amide bonds. The number of aliphatic hydroxyl groups is 2. The Kier molecular flexibility index (Phi) is 11.9. The second kappa shape index (κ2) is 14.1. The number of hydrogen-bond donors (Lipinski definition) is 2. The number of carboxylic acid groups (broad SMARTS) is 1. The van der Waals surface area contributed by atoms with Crippen LogP contribution in [0.4, 0.5) is 8.78 Å². The molecule has 38 heavy (non-hydrogen) atoms. The Balaban J connectivity index is 0.00000507.